The van der Waals surface area contributed by atoms with E-state index in [1.165, 1.54) is 12.1 Å². The van der Waals surface area contributed by atoms with Crippen LogP contribution in [0.2, 0.25) is 0 Å². The Bertz CT molecular complexity index is 921. The minimum absolute atomic E-state index is 0.0413. The Morgan fingerprint density at radius 2 is 1.88 bits per heavy atom. The van der Waals surface area contributed by atoms with Crippen molar-refractivity contribution in [2.24, 2.45) is 5.92 Å². The molecule has 2 heterocycles. The summed E-state index contributed by atoms with van der Waals surface area (Å²) >= 11 is 0. The predicted octanol–water partition coefficient (Wildman–Crippen LogP) is 2.06. The summed E-state index contributed by atoms with van der Waals surface area (Å²) in [5, 5.41) is 2.92. The minimum Gasteiger partial charge on any atom is -0.486 e. The van der Waals surface area contributed by atoms with E-state index in [9.17, 15) is 18.0 Å². The highest BCUT2D eigenvalue weighted by molar-refractivity contribution is 7.89. The van der Waals surface area contributed by atoms with E-state index in [-0.39, 0.29) is 22.6 Å². The third-order valence-corrected chi connectivity index (χ3v) is 7.34. The third-order valence-electron chi connectivity index (χ3n) is 5.88. The van der Waals surface area contributed by atoms with Crippen molar-refractivity contribution in [1.82, 2.24) is 14.9 Å². The van der Waals surface area contributed by atoms with Gasteiger partial charge in [-0.25, -0.2) is 13.1 Å². The predicted molar refractivity (Wildman–Crippen MR) is 124 cm³/mol. The number of piperidine rings is 1. The second kappa shape index (κ2) is 12.2. The van der Waals surface area contributed by atoms with Gasteiger partial charge in [0, 0.05) is 38.7 Å². The third kappa shape index (κ3) is 7.33. The van der Waals surface area contributed by atoms with Crippen LogP contribution in [0.3, 0.4) is 0 Å². The van der Waals surface area contributed by atoms with Gasteiger partial charge in [-0.1, -0.05) is 13.3 Å². The number of rotatable bonds is 11. The molecule has 0 spiro atoms. The molecule has 0 saturated carbocycles. The quantitative estimate of drug-likeness (QED) is 0.468. The lowest BCUT2D eigenvalue weighted by Gasteiger charge is -2.32. The van der Waals surface area contributed by atoms with Gasteiger partial charge >= 0.3 is 0 Å². The van der Waals surface area contributed by atoms with Crippen molar-refractivity contribution in [3.8, 4) is 11.5 Å². The second-order valence-electron chi connectivity index (χ2n) is 8.48. The maximum absolute atomic E-state index is 12.5. The number of unbranched alkanes of at least 4 members (excludes halogenated alkanes) is 2. The van der Waals surface area contributed by atoms with Crippen molar-refractivity contribution in [3.63, 3.8) is 0 Å². The van der Waals surface area contributed by atoms with Crippen molar-refractivity contribution in [3.05, 3.63) is 18.2 Å². The number of likely N-dealkylation sites (tertiary alicyclic amines) is 1. The lowest BCUT2D eigenvalue weighted by Crippen LogP contribution is -2.45. The summed E-state index contributed by atoms with van der Waals surface area (Å²) in [4.78, 5) is 26.7. The zero-order valence-electron chi connectivity index (χ0n) is 19.3. The summed E-state index contributed by atoms with van der Waals surface area (Å²) in [7, 11) is -3.63. The number of fused-ring (bicyclic) bond motifs is 1. The summed E-state index contributed by atoms with van der Waals surface area (Å²) in [5.41, 5.74) is 0. The van der Waals surface area contributed by atoms with Crippen LogP contribution < -0.4 is 19.5 Å². The molecule has 10 heteroatoms. The van der Waals surface area contributed by atoms with E-state index in [1.807, 2.05) is 6.92 Å². The summed E-state index contributed by atoms with van der Waals surface area (Å²) in [6.45, 7) is 5.02. The molecule has 33 heavy (non-hydrogen) atoms. The zero-order valence-corrected chi connectivity index (χ0v) is 20.1. The number of benzene rings is 1. The SMILES string of the molecule is CCCNC(=O)C1CCCN(C(=O)CCCCCNS(=O)(=O)c2ccc3c(c2)OCCO3)C1. The average Bonchev–Trinajstić information content (AvgIpc) is 2.84. The molecular weight excluding hydrogens is 446 g/mol. The van der Waals surface area contributed by atoms with Gasteiger partial charge in [0.15, 0.2) is 11.5 Å². The fourth-order valence-electron chi connectivity index (χ4n) is 4.03. The van der Waals surface area contributed by atoms with Crippen molar-refractivity contribution >= 4 is 21.8 Å². The van der Waals surface area contributed by atoms with E-state index >= 15 is 0 Å². The van der Waals surface area contributed by atoms with Gasteiger partial charge in [0.25, 0.3) is 0 Å². The van der Waals surface area contributed by atoms with E-state index in [0.29, 0.717) is 70.2 Å². The Morgan fingerprint density at radius 1 is 1.09 bits per heavy atom. The molecule has 1 fully saturated rings. The van der Waals surface area contributed by atoms with Crippen LogP contribution in [0.15, 0.2) is 23.1 Å². The number of nitrogens with zero attached hydrogens (tertiary/aromatic N) is 1. The highest BCUT2D eigenvalue weighted by atomic mass is 32.2. The first-order chi connectivity index (χ1) is 15.9. The molecule has 0 bridgehead atoms. The molecule has 9 nitrogen and oxygen atoms in total. The summed E-state index contributed by atoms with van der Waals surface area (Å²) < 4.78 is 38.5. The van der Waals surface area contributed by atoms with Crippen molar-refractivity contribution in [2.75, 3.05) is 39.4 Å². The maximum atomic E-state index is 12.5. The van der Waals surface area contributed by atoms with Crippen LogP contribution in [0.25, 0.3) is 0 Å². The number of carbonyl (C=O) groups excluding carboxylic acids is 2. The fourth-order valence-corrected chi connectivity index (χ4v) is 5.12. The number of ether oxygens (including phenoxy) is 2. The molecule has 0 radical (unpaired) electrons. The van der Waals surface area contributed by atoms with E-state index in [1.54, 1.807) is 11.0 Å². The zero-order chi connectivity index (χ0) is 23.7. The molecule has 1 unspecified atom stereocenters. The topological polar surface area (TPSA) is 114 Å². The minimum atomic E-state index is -3.63. The van der Waals surface area contributed by atoms with Gasteiger partial charge in [-0.2, -0.15) is 0 Å². The number of amides is 2. The van der Waals surface area contributed by atoms with Crippen LogP contribution in [0.1, 0.15) is 51.9 Å². The largest absolute Gasteiger partial charge is 0.486 e. The number of hydrogen-bond donors (Lipinski definition) is 2. The first-order valence-electron chi connectivity index (χ1n) is 11.9. The lowest BCUT2D eigenvalue weighted by atomic mass is 9.96. The van der Waals surface area contributed by atoms with Gasteiger partial charge < -0.3 is 19.7 Å². The summed E-state index contributed by atoms with van der Waals surface area (Å²) in [6.07, 6.45) is 5.04. The maximum Gasteiger partial charge on any atom is 0.240 e. The molecule has 2 amide bonds. The van der Waals surface area contributed by atoms with Crippen LogP contribution in [0.5, 0.6) is 11.5 Å². The Labute approximate surface area is 196 Å². The van der Waals surface area contributed by atoms with Gasteiger partial charge in [-0.05, 0) is 44.2 Å². The number of sulfonamides is 1. The van der Waals surface area contributed by atoms with Gasteiger partial charge in [0.2, 0.25) is 21.8 Å². The monoisotopic (exact) mass is 481 g/mol. The summed E-state index contributed by atoms with van der Waals surface area (Å²) in [6, 6.07) is 4.58. The second-order valence-corrected chi connectivity index (χ2v) is 10.3. The van der Waals surface area contributed by atoms with Gasteiger partial charge in [-0.15, -0.1) is 0 Å². The average molecular weight is 482 g/mol. The van der Waals surface area contributed by atoms with Gasteiger partial charge in [-0.3, -0.25) is 9.59 Å². The molecule has 2 aliphatic rings. The normalized spacial score (nSPS) is 18.1. The Hall–Kier alpha value is -2.33. The van der Waals surface area contributed by atoms with Crippen molar-refractivity contribution in [2.45, 2.75) is 56.8 Å². The van der Waals surface area contributed by atoms with Crippen LogP contribution in [-0.4, -0.2) is 64.5 Å². The lowest BCUT2D eigenvalue weighted by molar-refractivity contribution is -0.135. The van der Waals surface area contributed by atoms with Crippen LogP contribution in [0, 0.1) is 5.92 Å². The van der Waals surface area contributed by atoms with Crippen molar-refractivity contribution < 1.29 is 27.5 Å². The summed E-state index contributed by atoms with van der Waals surface area (Å²) in [5.74, 6) is 0.973. The Balaban J connectivity index is 1.35. The molecule has 0 aliphatic carbocycles. The molecular formula is C23H35N3O6S. The molecule has 1 aromatic rings. The number of hydrogen-bond acceptors (Lipinski definition) is 6. The van der Waals surface area contributed by atoms with Crippen LogP contribution in [-0.2, 0) is 19.6 Å². The van der Waals surface area contributed by atoms with Crippen LogP contribution >= 0.6 is 0 Å². The molecule has 0 aromatic heterocycles. The first kappa shape index (κ1) is 25.3. The van der Waals surface area contributed by atoms with Gasteiger partial charge in [0.05, 0.1) is 10.8 Å². The fraction of sp³-hybridized carbons (Fsp3) is 0.652. The molecule has 1 atom stereocenters. The molecule has 2 N–H and O–H groups in total. The first-order valence-corrected chi connectivity index (χ1v) is 13.3. The Kier molecular flexibility index (Phi) is 9.37. The van der Waals surface area contributed by atoms with Crippen molar-refractivity contribution in [1.29, 1.82) is 0 Å². The smallest absolute Gasteiger partial charge is 0.240 e. The number of carbonyl (C=O) groups is 2. The standard InChI is InChI=1S/C23H35N3O6S/c1-2-11-24-23(28)18-7-6-13-26(17-18)22(27)8-4-3-5-12-25-33(29,30)19-9-10-20-21(16-19)32-15-14-31-20/h9-10,16,18,25H,2-8,11-15,17H2,1H3,(H,24,28). The highest BCUT2D eigenvalue weighted by Gasteiger charge is 2.27. The van der Waals surface area contributed by atoms with Crippen LogP contribution in [0.4, 0.5) is 0 Å². The molecule has 1 saturated heterocycles. The molecule has 3 rings (SSSR count). The van der Waals surface area contributed by atoms with E-state index in [2.05, 4.69) is 10.0 Å². The molecule has 2 aliphatic heterocycles. The molecule has 1 aromatic carbocycles. The highest BCUT2D eigenvalue weighted by Crippen LogP contribution is 2.32. The Morgan fingerprint density at radius 3 is 2.67 bits per heavy atom. The van der Waals surface area contributed by atoms with E-state index in [0.717, 1.165) is 25.7 Å². The van der Waals surface area contributed by atoms with Gasteiger partial charge in [0.1, 0.15) is 13.2 Å². The number of nitrogens with one attached hydrogen (secondary N) is 2. The van der Waals surface area contributed by atoms with E-state index < -0.39 is 10.0 Å². The molecule has 184 valence electrons. The van der Waals surface area contributed by atoms with E-state index in [4.69, 9.17) is 9.47 Å².